The van der Waals surface area contributed by atoms with Crippen molar-refractivity contribution in [3.05, 3.63) is 58.3 Å². The van der Waals surface area contributed by atoms with Crippen molar-refractivity contribution in [3.63, 3.8) is 0 Å². The van der Waals surface area contributed by atoms with Gasteiger partial charge in [0.1, 0.15) is 11.6 Å². The summed E-state index contributed by atoms with van der Waals surface area (Å²) in [6.45, 7) is 5.63. The Labute approximate surface area is 152 Å². The number of carbonyl (C=O) groups excluding carboxylic acids is 1. The Hall–Kier alpha value is -1.85. The van der Waals surface area contributed by atoms with E-state index in [1.807, 2.05) is 6.92 Å². The number of halogens is 2. The molecule has 3 rings (SSSR count). The first-order valence-corrected chi connectivity index (χ1v) is 8.88. The molecule has 4 nitrogen and oxygen atoms in total. The van der Waals surface area contributed by atoms with Crippen LogP contribution in [-0.2, 0) is 0 Å². The Kier molecular flexibility index (Phi) is 5.45. The molecule has 0 spiro atoms. The van der Waals surface area contributed by atoms with Crippen LogP contribution in [0.1, 0.15) is 47.7 Å². The largest absolute Gasteiger partial charge is 0.456 e. The molecule has 1 unspecified atom stereocenters. The van der Waals surface area contributed by atoms with Crippen LogP contribution in [0, 0.1) is 12.7 Å². The van der Waals surface area contributed by atoms with E-state index in [1.165, 1.54) is 6.07 Å². The maximum absolute atomic E-state index is 13.3. The first kappa shape index (κ1) is 18.0. The summed E-state index contributed by atoms with van der Waals surface area (Å²) < 4.78 is 18.7. The molecule has 0 radical (unpaired) electrons. The molecule has 2 aromatic rings. The normalized spacial score (nSPS) is 17.4. The van der Waals surface area contributed by atoms with Crippen LogP contribution >= 0.6 is 11.6 Å². The van der Waals surface area contributed by atoms with Crippen molar-refractivity contribution in [1.29, 1.82) is 0 Å². The summed E-state index contributed by atoms with van der Waals surface area (Å²) >= 11 is 5.89. The zero-order chi connectivity index (χ0) is 18.0. The first-order valence-electron chi connectivity index (χ1n) is 8.50. The van der Waals surface area contributed by atoms with E-state index < -0.39 is 5.82 Å². The maximum Gasteiger partial charge on any atom is 0.287 e. The summed E-state index contributed by atoms with van der Waals surface area (Å²) in [7, 11) is 0. The summed E-state index contributed by atoms with van der Waals surface area (Å²) in [5.74, 6) is 0.526. The molecule has 25 heavy (non-hydrogen) atoms. The van der Waals surface area contributed by atoms with E-state index in [1.54, 1.807) is 24.3 Å². The summed E-state index contributed by atoms with van der Waals surface area (Å²) in [5, 5.41) is 3.19. The summed E-state index contributed by atoms with van der Waals surface area (Å²) in [6, 6.07) is 8.65. The number of amides is 1. The van der Waals surface area contributed by atoms with Gasteiger partial charge in [-0.25, -0.2) is 4.39 Å². The van der Waals surface area contributed by atoms with Gasteiger partial charge in [-0.1, -0.05) is 17.7 Å². The lowest BCUT2D eigenvalue weighted by atomic mass is 10.00. The van der Waals surface area contributed by atoms with Gasteiger partial charge in [-0.05, 0) is 56.5 Å². The molecule has 134 valence electrons. The van der Waals surface area contributed by atoms with Gasteiger partial charge in [-0.15, -0.1) is 0 Å². The lowest BCUT2D eigenvalue weighted by molar-refractivity contribution is 0.0867. The Morgan fingerprint density at radius 1 is 1.32 bits per heavy atom. The zero-order valence-corrected chi connectivity index (χ0v) is 15.1. The van der Waals surface area contributed by atoms with E-state index in [9.17, 15) is 9.18 Å². The maximum atomic E-state index is 13.3. The van der Waals surface area contributed by atoms with Gasteiger partial charge in [-0.2, -0.15) is 0 Å². The van der Waals surface area contributed by atoms with Crippen LogP contribution in [0.25, 0.3) is 0 Å². The number of carbonyl (C=O) groups is 1. The molecule has 1 atom stereocenters. The fourth-order valence-electron chi connectivity index (χ4n) is 3.23. The Balaban J connectivity index is 1.54. The number of nitrogens with zero attached hydrogens (tertiary/aromatic N) is 1. The smallest absolute Gasteiger partial charge is 0.287 e. The van der Waals surface area contributed by atoms with Gasteiger partial charge in [0.15, 0.2) is 5.76 Å². The molecule has 1 aromatic carbocycles. The second-order valence-corrected chi connectivity index (χ2v) is 6.95. The number of benzene rings is 1. The molecule has 0 saturated carbocycles. The SMILES string of the molecule is Cc1ccc(C(=O)NC2CCN(C(C)c3ccc(F)c(Cl)c3)CC2)o1. The predicted molar refractivity (Wildman–Crippen MR) is 95.3 cm³/mol. The van der Waals surface area contributed by atoms with Crippen molar-refractivity contribution in [2.45, 2.75) is 38.8 Å². The van der Waals surface area contributed by atoms with Crippen molar-refractivity contribution in [2.24, 2.45) is 0 Å². The van der Waals surface area contributed by atoms with Crippen LogP contribution < -0.4 is 5.32 Å². The Morgan fingerprint density at radius 3 is 2.64 bits per heavy atom. The molecule has 2 heterocycles. The minimum atomic E-state index is -0.396. The fraction of sp³-hybridized carbons (Fsp3) is 0.421. The average Bonchev–Trinajstić information content (AvgIpc) is 3.04. The van der Waals surface area contributed by atoms with E-state index in [0.29, 0.717) is 5.76 Å². The van der Waals surface area contributed by atoms with Crippen LogP contribution in [0.4, 0.5) is 4.39 Å². The quantitative estimate of drug-likeness (QED) is 0.878. The molecular weight excluding hydrogens is 343 g/mol. The third-order valence-electron chi connectivity index (χ3n) is 4.80. The molecule has 1 amide bonds. The summed E-state index contributed by atoms with van der Waals surface area (Å²) in [4.78, 5) is 14.5. The van der Waals surface area contributed by atoms with Gasteiger partial charge in [-0.3, -0.25) is 9.69 Å². The van der Waals surface area contributed by atoms with E-state index in [0.717, 1.165) is 37.3 Å². The number of nitrogens with one attached hydrogen (secondary N) is 1. The molecule has 6 heteroatoms. The van der Waals surface area contributed by atoms with Gasteiger partial charge in [0.25, 0.3) is 5.91 Å². The third-order valence-corrected chi connectivity index (χ3v) is 5.09. The lowest BCUT2D eigenvalue weighted by Gasteiger charge is -2.36. The zero-order valence-electron chi connectivity index (χ0n) is 14.4. The molecule has 0 bridgehead atoms. The first-order chi connectivity index (χ1) is 11.9. The van der Waals surface area contributed by atoms with Crippen LogP contribution in [0.3, 0.4) is 0 Å². The van der Waals surface area contributed by atoms with Crippen molar-refractivity contribution < 1.29 is 13.6 Å². The molecule has 1 aliphatic heterocycles. The predicted octanol–water partition coefficient (Wildman–Crippen LogP) is 4.34. The van der Waals surface area contributed by atoms with Gasteiger partial charge in [0, 0.05) is 25.2 Å². The summed E-state index contributed by atoms with van der Waals surface area (Å²) in [5.41, 5.74) is 1.000. The van der Waals surface area contributed by atoms with Crippen molar-refractivity contribution >= 4 is 17.5 Å². The molecule has 1 fully saturated rings. The standard InChI is InChI=1S/C19H22ClFN2O2/c1-12-3-6-18(25-12)19(24)22-15-7-9-23(10-8-15)13(2)14-4-5-17(21)16(20)11-14/h3-6,11,13,15H,7-10H2,1-2H3,(H,22,24). The molecule has 1 N–H and O–H groups in total. The molecule has 1 aromatic heterocycles. The van der Waals surface area contributed by atoms with Gasteiger partial charge < -0.3 is 9.73 Å². The molecule has 1 saturated heterocycles. The van der Waals surface area contributed by atoms with Crippen molar-refractivity contribution in [3.8, 4) is 0 Å². The minimum Gasteiger partial charge on any atom is -0.456 e. The van der Waals surface area contributed by atoms with Gasteiger partial charge in [0.05, 0.1) is 5.02 Å². The summed E-state index contributed by atoms with van der Waals surface area (Å²) in [6.07, 6.45) is 1.73. The van der Waals surface area contributed by atoms with Gasteiger partial charge in [0.2, 0.25) is 0 Å². The monoisotopic (exact) mass is 364 g/mol. The number of piperidine rings is 1. The van der Waals surface area contributed by atoms with Gasteiger partial charge >= 0.3 is 0 Å². The Bertz CT molecular complexity index is 754. The minimum absolute atomic E-state index is 0.137. The number of furan rings is 1. The number of hydrogen-bond donors (Lipinski definition) is 1. The van der Waals surface area contributed by atoms with Crippen LogP contribution in [0.15, 0.2) is 34.7 Å². The fourth-order valence-corrected chi connectivity index (χ4v) is 3.42. The molecular formula is C19H22ClFN2O2. The van der Waals surface area contributed by atoms with Crippen molar-refractivity contribution in [2.75, 3.05) is 13.1 Å². The number of likely N-dealkylation sites (tertiary alicyclic amines) is 1. The highest BCUT2D eigenvalue weighted by molar-refractivity contribution is 6.30. The highest BCUT2D eigenvalue weighted by Crippen LogP contribution is 2.27. The molecule has 0 aliphatic carbocycles. The molecule has 1 aliphatic rings. The van der Waals surface area contributed by atoms with E-state index >= 15 is 0 Å². The number of rotatable bonds is 4. The van der Waals surface area contributed by atoms with E-state index in [2.05, 4.69) is 17.1 Å². The van der Waals surface area contributed by atoms with E-state index in [4.69, 9.17) is 16.0 Å². The highest BCUT2D eigenvalue weighted by atomic mass is 35.5. The van der Waals surface area contributed by atoms with Crippen LogP contribution in [0.5, 0.6) is 0 Å². The topological polar surface area (TPSA) is 45.5 Å². The second kappa shape index (κ2) is 7.58. The highest BCUT2D eigenvalue weighted by Gasteiger charge is 2.25. The van der Waals surface area contributed by atoms with Crippen molar-refractivity contribution in [1.82, 2.24) is 10.2 Å². The number of aryl methyl sites for hydroxylation is 1. The third kappa shape index (κ3) is 4.22. The number of hydrogen-bond acceptors (Lipinski definition) is 3. The Morgan fingerprint density at radius 2 is 2.04 bits per heavy atom. The van der Waals surface area contributed by atoms with Crippen LogP contribution in [0.2, 0.25) is 5.02 Å². The lowest BCUT2D eigenvalue weighted by Crippen LogP contribution is -2.45. The van der Waals surface area contributed by atoms with Crippen LogP contribution in [-0.4, -0.2) is 29.9 Å². The second-order valence-electron chi connectivity index (χ2n) is 6.54. The average molecular weight is 365 g/mol. The van der Waals surface area contributed by atoms with E-state index in [-0.39, 0.29) is 23.0 Å².